The van der Waals surface area contributed by atoms with Gasteiger partial charge < -0.3 is 0 Å². The molecule has 2 fully saturated rings. The highest BCUT2D eigenvalue weighted by Crippen LogP contribution is 2.45. The van der Waals surface area contributed by atoms with Crippen LogP contribution in [0.5, 0.6) is 0 Å². The van der Waals surface area contributed by atoms with Crippen LogP contribution in [0, 0.1) is 17.7 Å². The van der Waals surface area contributed by atoms with Crippen LogP contribution in [0.4, 0.5) is 4.39 Å². The van der Waals surface area contributed by atoms with Gasteiger partial charge in [0.05, 0.1) is 10.0 Å². The predicted octanol–water partition coefficient (Wildman–Crippen LogP) is 6.01. The first-order valence-electron chi connectivity index (χ1n) is 9.26. The maximum atomic E-state index is 14.1. The highest BCUT2D eigenvalue weighted by atomic mass is 35.5. The van der Waals surface area contributed by atoms with E-state index < -0.39 is 11.7 Å². The van der Waals surface area contributed by atoms with Crippen molar-refractivity contribution < 1.29 is 14.0 Å². The summed E-state index contributed by atoms with van der Waals surface area (Å²) in [5.41, 5.74) is 2.90. The third-order valence-corrected chi connectivity index (χ3v) is 6.65. The Labute approximate surface area is 167 Å². The molecule has 3 atom stereocenters. The first-order valence-corrected chi connectivity index (χ1v) is 10.0. The van der Waals surface area contributed by atoms with Crippen molar-refractivity contribution in [3.05, 3.63) is 57.3 Å². The lowest BCUT2D eigenvalue weighted by Gasteiger charge is -2.27. The molecule has 4 rings (SSSR count). The van der Waals surface area contributed by atoms with Crippen molar-refractivity contribution in [1.29, 1.82) is 0 Å². The van der Waals surface area contributed by atoms with Gasteiger partial charge in [-0.3, -0.25) is 9.59 Å². The Bertz CT molecular complexity index is 932. The summed E-state index contributed by atoms with van der Waals surface area (Å²) in [5.74, 6) is -1.32. The zero-order valence-corrected chi connectivity index (χ0v) is 16.4. The molecule has 0 saturated heterocycles. The number of fused-ring (bicyclic) bond motifs is 2. The van der Waals surface area contributed by atoms with E-state index >= 15 is 0 Å². The number of Topliss-reactive ketones (excluding diaryl/α,β-unsaturated/α-hetero) is 2. The highest BCUT2D eigenvalue weighted by molar-refractivity contribution is 6.36. The van der Waals surface area contributed by atoms with E-state index in [-0.39, 0.29) is 33.4 Å². The summed E-state index contributed by atoms with van der Waals surface area (Å²) in [6, 6.07) is 8.71. The molecule has 5 heteroatoms. The molecule has 2 bridgehead atoms. The number of hydrogen-bond donors (Lipinski definition) is 0. The summed E-state index contributed by atoms with van der Waals surface area (Å²) >= 11 is 12.0. The van der Waals surface area contributed by atoms with Gasteiger partial charge >= 0.3 is 0 Å². The van der Waals surface area contributed by atoms with Crippen LogP contribution in [0.1, 0.15) is 43.2 Å². The van der Waals surface area contributed by atoms with E-state index in [1.54, 1.807) is 6.07 Å². The average Bonchev–Trinajstić information content (AvgIpc) is 3.12. The van der Waals surface area contributed by atoms with Gasteiger partial charge in [0.15, 0.2) is 17.4 Å². The fraction of sp³-hybridized carbons (Fsp3) is 0.364. The third kappa shape index (κ3) is 3.01. The Morgan fingerprint density at radius 3 is 2.33 bits per heavy atom. The number of benzene rings is 2. The first kappa shape index (κ1) is 18.6. The van der Waals surface area contributed by atoms with Gasteiger partial charge in [-0.15, -0.1) is 0 Å². The van der Waals surface area contributed by atoms with Crippen molar-refractivity contribution in [2.45, 2.75) is 38.5 Å². The number of aryl methyl sites for hydroxylation is 1. The molecular weight excluding hydrogens is 386 g/mol. The zero-order valence-electron chi connectivity index (χ0n) is 14.9. The van der Waals surface area contributed by atoms with E-state index in [9.17, 15) is 14.0 Å². The molecule has 2 aliphatic carbocycles. The molecule has 27 heavy (non-hydrogen) atoms. The van der Waals surface area contributed by atoms with Crippen molar-refractivity contribution in [3.63, 3.8) is 0 Å². The summed E-state index contributed by atoms with van der Waals surface area (Å²) in [7, 11) is 0. The Balaban J connectivity index is 1.84. The summed E-state index contributed by atoms with van der Waals surface area (Å²) in [4.78, 5) is 25.9. The molecule has 0 radical (unpaired) electrons. The van der Waals surface area contributed by atoms with Crippen LogP contribution in [0.3, 0.4) is 0 Å². The Kier molecular flexibility index (Phi) is 4.85. The average molecular weight is 405 g/mol. The predicted molar refractivity (Wildman–Crippen MR) is 105 cm³/mol. The molecule has 1 unspecified atom stereocenters. The van der Waals surface area contributed by atoms with Crippen LogP contribution in [0.2, 0.25) is 10.0 Å². The van der Waals surface area contributed by atoms with Crippen molar-refractivity contribution in [3.8, 4) is 11.1 Å². The minimum absolute atomic E-state index is 0.0115. The second-order valence-corrected chi connectivity index (χ2v) is 8.22. The minimum atomic E-state index is -0.706. The topological polar surface area (TPSA) is 34.1 Å². The number of rotatable bonds is 3. The fourth-order valence-electron chi connectivity index (χ4n) is 4.52. The molecule has 0 aromatic heterocycles. The quantitative estimate of drug-likeness (QED) is 0.463. The minimum Gasteiger partial charge on any atom is -0.298 e. The monoisotopic (exact) mass is 404 g/mol. The van der Waals surface area contributed by atoms with Gasteiger partial charge in [0.25, 0.3) is 0 Å². The molecule has 2 aromatic carbocycles. The van der Waals surface area contributed by atoms with Gasteiger partial charge in [-0.25, -0.2) is 4.39 Å². The molecule has 0 aliphatic heterocycles. The second-order valence-electron chi connectivity index (χ2n) is 7.43. The Morgan fingerprint density at radius 2 is 1.70 bits per heavy atom. The van der Waals surface area contributed by atoms with E-state index in [1.807, 2.05) is 25.1 Å². The van der Waals surface area contributed by atoms with Gasteiger partial charge in [0.1, 0.15) is 5.92 Å². The summed E-state index contributed by atoms with van der Waals surface area (Å²) in [5, 5.41) is -0.0950. The number of halogens is 3. The zero-order chi connectivity index (χ0) is 19.3. The van der Waals surface area contributed by atoms with Crippen LogP contribution < -0.4 is 0 Å². The molecule has 2 aliphatic rings. The van der Waals surface area contributed by atoms with Gasteiger partial charge in [0.2, 0.25) is 0 Å². The molecule has 0 spiro atoms. The SMILES string of the molecule is CCc1ccc(-c2ccc(Cl)c(F)c2Cl)cc1C1C(=O)[C@@H]2CC[C@@H](C2)C1=O. The van der Waals surface area contributed by atoms with Gasteiger partial charge in [-0.2, -0.15) is 0 Å². The van der Waals surface area contributed by atoms with Crippen molar-refractivity contribution >= 4 is 34.8 Å². The standard InChI is InChI=1S/C22H19Cl2FO2/c1-2-11-3-4-12(15-7-8-17(23)20(25)19(15)24)10-16(11)18-21(26)13-5-6-14(9-13)22(18)27/h3-4,7-8,10,13-14,18H,2,5-6,9H2,1H3/t13-,14+,18?. The summed E-state index contributed by atoms with van der Waals surface area (Å²) in [6.07, 6.45) is 3.02. The molecular formula is C22H19Cl2FO2. The van der Waals surface area contributed by atoms with Crippen molar-refractivity contribution in [2.75, 3.05) is 0 Å². The lowest BCUT2D eigenvalue weighted by molar-refractivity contribution is -0.135. The first-order chi connectivity index (χ1) is 12.9. The van der Waals surface area contributed by atoms with E-state index in [1.165, 1.54) is 6.07 Å². The Morgan fingerprint density at radius 1 is 1.04 bits per heavy atom. The van der Waals surface area contributed by atoms with Crippen LogP contribution in [-0.4, -0.2) is 11.6 Å². The molecule has 140 valence electrons. The normalized spacial score (nSPS) is 24.5. The molecule has 0 N–H and O–H groups in total. The van der Waals surface area contributed by atoms with Crippen LogP contribution >= 0.6 is 23.2 Å². The van der Waals surface area contributed by atoms with Crippen LogP contribution in [0.15, 0.2) is 30.3 Å². The summed E-state index contributed by atoms with van der Waals surface area (Å²) in [6.45, 7) is 2.00. The molecule has 2 aromatic rings. The van der Waals surface area contributed by atoms with Crippen molar-refractivity contribution in [1.82, 2.24) is 0 Å². The van der Waals surface area contributed by atoms with Gasteiger partial charge in [-0.05, 0) is 54.5 Å². The van der Waals surface area contributed by atoms with Crippen LogP contribution in [0.25, 0.3) is 11.1 Å². The molecule has 2 saturated carbocycles. The summed E-state index contributed by atoms with van der Waals surface area (Å²) < 4.78 is 14.1. The van der Waals surface area contributed by atoms with Crippen LogP contribution in [-0.2, 0) is 16.0 Å². The van der Waals surface area contributed by atoms with Gasteiger partial charge in [0, 0.05) is 17.4 Å². The third-order valence-electron chi connectivity index (χ3n) is 5.99. The molecule has 0 heterocycles. The van der Waals surface area contributed by atoms with E-state index in [2.05, 4.69) is 0 Å². The largest absolute Gasteiger partial charge is 0.298 e. The fourth-order valence-corrected chi connectivity index (χ4v) is 5.00. The lowest BCUT2D eigenvalue weighted by atomic mass is 9.73. The second kappa shape index (κ2) is 7.03. The number of ketones is 2. The smallest absolute Gasteiger partial charge is 0.160 e. The van der Waals surface area contributed by atoms with Crippen molar-refractivity contribution in [2.24, 2.45) is 11.8 Å². The Hall–Kier alpha value is -1.71. The van der Waals surface area contributed by atoms with E-state index in [0.29, 0.717) is 24.0 Å². The lowest BCUT2D eigenvalue weighted by Crippen LogP contribution is -2.35. The molecule has 0 amide bonds. The number of carbonyl (C=O) groups is 2. The van der Waals surface area contributed by atoms with Gasteiger partial charge in [-0.1, -0.05) is 48.3 Å². The van der Waals surface area contributed by atoms with E-state index in [0.717, 1.165) is 24.0 Å². The maximum Gasteiger partial charge on any atom is 0.160 e. The van der Waals surface area contributed by atoms with E-state index in [4.69, 9.17) is 23.2 Å². The molecule has 2 nitrogen and oxygen atoms in total. The number of hydrogen-bond acceptors (Lipinski definition) is 2. The maximum absolute atomic E-state index is 14.1. The number of carbonyl (C=O) groups excluding carboxylic acids is 2. The highest BCUT2D eigenvalue weighted by Gasteiger charge is 2.47.